The molecule has 0 spiro atoms. The highest BCUT2D eigenvalue weighted by molar-refractivity contribution is 7.99. The highest BCUT2D eigenvalue weighted by Gasteiger charge is 2.05. The average Bonchev–Trinajstić information content (AvgIpc) is 2.06. The molecule has 0 unspecified atom stereocenters. The predicted octanol–water partition coefficient (Wildman–Crippen LogP) is 2.63. The molecule has 0 aliphatic heterocycles. The summed E-state index contributed by atoms with van der Waals surface area (Å²) in [5.74, 6) is -3.38. The molecule has 0 heterocycles. The van der Waals surface area contributed by atoms with Crippen molar-refractivity contribution in [2.24, 2.45) is 0 Å². The van der Waals surface area contributed by atoms with Crippen LogP contribution in [0.5, 0.6) is 0 Å². The fraction of sp³-hybridized carbons (Fsp3) is 0.222. The van der Waals surface area contributed by atoms with Gasteiger partial charge in [-0.25, -0.2) is 0 Å². The largest absolute Gasteiger partial charge is 0.481 e. The molecule has 0 aliphatic carbocycles. The summed E-state index contributed by atoms with van der Waals surface area (Å²) in [5, 5.41) is 8.46. The molecule has 0 radical (unpaired) electrons. The van der Waals surface area contributed by atoms with Crippen LogP contribution in [0.3, 0.4) is 0 Å². The average molecular weight is 218 g/mol. The van der Waals surface area contributed by atoms with E-state index in [2.05, 4.69) is 0 Å². The van der Waals surface area contributed by atoms with Gasteiger partial charge in [0, 0.05) is 4.90 Å². The minimum atomic E-state index is -2.44. The molecular weight excluding hydrogens is 210 g/mol. The molecule has 0 aromatic heterocycles. The second-order valence-electron chi connectivity index (χ2n) is 2.59. The van der Waals surface area contributed by atoms with Crippen LogP contribution in [-0.4, -0.2) is 16.8 Å². The molecule has 1 aromatic carbocycles. The standard InChI is InChI=1S/C9H8F2O2S/c10-9(11)14-7-3-1-6(2-4-7)5-8(12)13/h1-4,9H,5H2,(H,12,13). The number of alkyl halides is 2. The molecule has 0 fully saturated rings. The van der Waals surface area contributed by atoms with E-state index in [0.29, 0.717) is 22.2 Å². The zero-order valence-corrected chi connectivity index (χ0v) is 7.93. The molecule has 14 heavy (non-hydrogen) atoms. The second kappa shape index (κ2) is 4.95. The number of benzene rings is 1. The monoisotopic (exact) mass is 218 g/mol. The summed E-state index contributed by atoms with van der Waals surface area (Å²) in [7, 11) is 0. The molecule has 0 atom stereocenters. The maximum Gasteiger partial charge on any atom is 0.307 e. The van der Waals surface area contributed by atoms with Crippen molar-refractivity contribution in [1.82, 2.24) is 0 Å². The van der Waals surface area contributed by atoms with E-state index in [9.17, 15) is 13.6 Å². The predicted molar refractivity (Wildman–Crippen MR) is 49.6 cm³/mol. The number of carboxylic acid groups (broad SMARTS) is 1. The normalized spacial score (nSPS) is 10.5. The third kappa shape index (κ3) is 3.74. The van der Waals surface area contributed by atoms with Crippen molar-refractivity contribution in [2.45, 2.75) is 17.1 Å². The van der Waals surface area contributed by atoms with Crippen LogP contribution >= 0.6 is 11.8 Å². The number of carbonyl (C=O) groups is 1. The van der Waals surface area contributed by atoms with Crippen molar-refractivity contribution >= 4 is 17.7 Å². The molecule has 2 nitrogen and oxygen atoms in total. The van der Waals surface area contributed by atoms with E-state index in [1.54, 1.807) is 12.1 Å². The molecule has 0 saturated heterocycles. The number of halogens is 2. The first-order chi connectivity index (χ1) is 6.58. The van der Waals surface area contributed by atoms with Crippen LogP contribution < -0.4 is 0 Å². The summed E-state index contributed by atoms with van der Waals surface area (Å²) in [4.78, 5) is 10.7. The van der Waals surface area contributed by atoms with Gasteiger partial charge < -0.3 is 5.11 Å². The summed E-state index contributed by atoms with van der Waals surface area (Å²) < 4.78 is 23.8. The van der Waals surface area contributed by atoms with Gasteiger partial charge in [0.05, 0.1) is 6.42 Å². The van der Waals surface area contributed by atoms with Crippen LogP contribution in [0.2, 0.25) is 0 Å². The third-order valence-electron chi connectivity index (χ3n) is 1.50. The van der Waals surface area contributed by atoms with Gasteiger partial charge in [0.2, 0.25) is 0 Å². The van der Waals surface area contributed by atoms with Crippen LogP contribution in [0.1, 0.15) is 5.56 Å². The molecule has 5 heteroatoms. The highest BCUT2D eigenvalue weighted by Crippen LogP contribution is 2.25. The van der Waals surface area contributed by atoms with Gasteiger partial charge in [0.15, 0.2) is 0 Å². The number of aliphatic carboxylic acids is 1. The third-order valence-corrected chi connectivity index (χ3v) is 2.23. The number of hydrogen-bond acceptors (Lipinski definition) is 2. The Morgan fingerprint density at radius 1 is 1.36 bits per heavy atom. The minimum Gasteiger partial charge on any atom is -0.481 e. The molecule has 76 valence electrons. The van der Waals surface area contributed by atoms with E-state index in [4.69, 9.17) is 5.11 Å². The van der Waals surface area contributed by atoms with Crippen LogP contribution in [0.4, 0.5) is 8.78 Å². The first kappa shape index (κ1) is 11.0. The first-order valence-corrected chi connectivity index (χ1v) is 4.71. The van der Waals surface area contributed by atoms with E-state index >= 15 is 0 Å². The maximum absolute atomic E-state index is 11.9. The summed E-state index contributed by atoms with van der Waals surface area (Å²) in [6.07, 6.45) is -0.0837. The van der Waals surface area contributed by atoms with Crippen LogP contribution in [0.25, 0.3) is 0 Å². The SMILES string of the molecule is O=C(O)Cc1ccc(SC(F)F)cc1. The van der Waals surface area contributed by atoms with Crippen LogP contribution in [0.15, 0.2) is 29.2 Å². The molecule has 1 rings (SSSR count). The summed E-state index contributed by atoms with van der Waals surface area (Å²) >= 11 is 0.445. The molecule has 1 N–H and O–H groups in total. The van der Waals surface area contributed by atoms with Gasteiger partial charge in [-0.05, 0) is 17.7 Å². The van der Waals surface area contributed by atoms with E-state index in [1.807, 2.05) is 0 Å². The molecule has 0 amide bonds. The van der Waals surface area contributed by atoms with Crippen molar-refractivity contribution in [3.8, 4) is 0 Å². The van der Waals surface area contributed by atoms with E-state index in [1.165, 1.54) is 12.1 Å². The number of carboxylic acids is 1. The lowest BCUT2D eigenvalue weighted by Gasteiger charge is -2.01. The second-order valence-corrected chi connectivity index (χ2v) is 3.66. The van der Waals surface area contributed by atoms with Gasteiger partial charge in [0.25, 0.3) is 5.76 Å². The number of rotatable bonds is 4. The van der Waals surface area contributed by atoms with Crippen LogP contribution in [0, 0.1) is 0 Å². The lowest BCUT2D eigenvalue weighted by atomic mass is 10.2. The van der Waals surface area contributed by atoms with Crippen molar-refractivity contribution < 1.29 is 18.7 Å². The van der Waals surface area contributed by atoms with Crippen molar-refractivity contribution in [3.63, 3.8) is 0 Å². The zero-order valence-electron chi connectivity index (χ0n) is 7.11. The Morgan fingerprint density at radius 3 is 2.36 bits per heavy atom. The minimum absolute atomic E-state index is 0.0837. The molecule has 0 saturated carbocycles. The topological polar surface area (TPSA) is 37.3 Å². The first-order valence-electron chi connectivity index (χ1n) is 3.83. The Hall–Kier alpha value is -1.10. The van der Waals surface area contributed by atoms with Gasteiger partial charge in [-0.15, -0.1) is 0 Å². The van der Waals surface area contributed by atoms with Crippen molar-refractivity contribution in [2.75, 3.05) is 0 Å². The van der Waals surface area contributed by atoms with Gasteiger partial charge in [0.1, 0.15) is 0 Å². The zero-order chi connectivity index (χ0) is 10.6. The summed E-state index contributed by atoms with van der Waals surface area (Å²) in [6, 6.07) is 6.07. The number of thioether (sulfide) groups is 1. The van der Waals surface area contributed by atoms with Gasteiger partial charge >= 0.3 is 5.97 Å². The Balaban J connectivity index is 2.63. The van der Waals surface area contributed by atoms with Gasteiger partial charge in [-0.2, -0.15) is 8.78 Å². The quantitative estimate of drug-likeness (QED) is 0.789. The Kier molecular flexibility index (Phi) is 3.88. The Labute approximate surface area is 83.9 Å². The Bertz CT molecular complexity index is 311. The van der Waals surface area contributed by atoms with E-state index in [-0.39, 0.29) is 6.42 Å². The summed E-state index contributed by atoms with van der Waals surface area (Å²) in [5.41, 5.74) is 0.608. The lowest BCUT2D eigenvalue weighted by Crippen LogP contribution is -1.99. The van der Waals surface area contributed by atoms with Crippen molar-refractivity contribution in [3.05, 3.63) is 29.8 Å². The molecular formula is C9H8F2O2S. The highest BCUT2D eigenvalue weighted by atomic mass is 32.2. The summed E-state index contributed by atoms with van der Waals surface area (Å²) in [6.45, 7) is 0. The van der Waals surface area contributed by atoms with Crippen molar-refractivity contribution in [1.29, 1.82) is 0 Å². The fourth-order valence-corrected chi connectivity index (χ4v) is 1.46. The van der Waals surface area contributed by atoms with Crippen LogP contribution in [-0.2, 0) is 11.2 Å². The molecule has 0 aliphatic rings. The number of hydrogen-bond donors (Lipinski definition) is 1. The maximum atomic E-state index is 11.9. The van der Waals surface area contributed by atoms with Gasteiger partial charge in [-0.3, -0.25) is 4.79 Å². The van der Waals surface area contributed by atoms with E-state index in [0.717, 1.165) is 0 Å². The van der Waals surface area contributed by atoms with Gasteiger partial charge in [-0.1, -0.05) is 23.9 Å². The lowest BCUT2D eigenvalue weighted by molar-refractivity contribution is -0.136. The fourth-order valence-electron chi connectivity index (χ4n) is 0.963. The smallest absolute Gasteiger partial charge is 0.307 e. The van der Waals surface area contributed by atoms with E-state index < -0.39 is 11.7 Å². The molecule has 1 aromatic rings. The molecule has 0 bridgehead atoms. The Morgan fingerprint density at radius 2 is 1.93 bits per heavy atom.